The minimum absolute atomic E-state index is 0.00362. The van der Waals surface area contributed by atoms with Crippen LogP contribution in [-0.4, -0.2) is 51.3 Å². The van der Waals surface area contributed by atoms with Crippen LogP contribution in [0.1, 0.15) is 25.3 Å². The number of aromatic nitrogens is 1. The van der Waals surface area contributed by atoms with Gasteiger partial charge in [0.2, 0.25) is 5.91 Å². The van der Waals surface area contributed by atoms with Crippen molar-refractivity contribution in [1.82, 2.24) is 9.47 Å². The van der Waals surface area contributed by atoms with Gasteiger partial charge in [0.1, 0.15) is 5.75 Å². The van der Waals surface area contributed by atoms with Gasteiger partial charge in [0.25, 0.3) is 0 Å². The maximum absolute atomic E-state index is 12.8. The summed E-state index contributed by atoms with van der Waals surface area (Å²) in [6.07, 6.45) is 1.81. The monoisotopic (exact) mass is 472 g/mol. The number of aliphatic hydroxyl groups excluding tert-OH is 1. The van der Waals surface area contributed by atoms with Crippen LogP contribution in [0, 0.1) is 0 Å². The van der Waals surface area contributed by atoms with Crippen LogP contribution < -0.4 is 10.6 Å². The summed E-state index contributed by atoms with van der Waals surface area (Å²) in [7, 11) is 0. The highest BCUT2D eigenvalue weighted by molar-refractivity contribution is 6.09. The minimum atomic E-state index is -0.125. The lowest BCUT2D eigenvalue weighted by Gasteiger charge is -2.32. The third-order valence-electron chi connectivity index (χ3n) is 6.95. The third kappa shape index (κ3) is 4.83. The van der Waals surface area contributed by atoms with Gasteiger partial charge in [0.15, 0.2) is 0 Å². The molecule has 0 atom stereocenters. The quantitative estimate of drug-likeness (QED) is 0.297. The number of piperidine rings is 1. The van der Waals surface area contributed by atoms with Gasteiger partial charge in [-0.15, -0.1) is 0 Å². The average molecular weight is 473 g/mol. The molecule has 5 rings (SSSR count). The van der Waals surface area contributed by atoms with E-state index in [1.807, 2.05) is 6.07 Å². The van der Waals surface area contributed by atoms with Gasteiger partial charge >= 0.3 is 0 Å². The second kappa shape index (κ2) is 9.98. The largest absolute Gasteiger partial charge is 0.508 e. The summed E-state index contributed by atoms with van der Waals surface area (Å²) in [5.74, 6) is 0.145. The number of carbonyl (C=O) groups excluding carboxylic acids is 1. The highest BCUT2D eigenvalue weighted by Gasteiger charge is 2.22. The van der Waals surface area contributed by atoms with E-state index >= 15 is 0 Å². The van der Waals surface area contributed by atoms with E-state index in [1.54, 1.807) is 18.2 Å². The maximum Gasteiger partial charge on any atom is 0.238 e. The molecule has 4 aromatic rings. The molecule has 1 saturated heterocycles. The Labute approximate surface area is 205 Å². The number of phenolic OH excluding ortho intramolecular Hbond substituents is 1. The number of benzene rings is 3. The van der Waals surface area contributed by atoms with Crippen molar-refractivity contribution >= 4 is 39.1 Å². The number of rotatable bonds is 7. The SMILES string of the molecule is CCn1c2ccccc2c2cc(NC(=O)CN3CCC(Nc4ccc(O)cc4CO)CC3)ccc21. The first-order chi connectivity index (χ1) is 17.1. The Morgan fingerprint density at radius 1 is 1.00 bits per heavy atom. The third-order valence-corrected chi connectivity index (χ3v) is 6.95. The second-order valence-corrected chi connectivity index (χ2v) is 9.24. The summed E-state index contributed by atoms with van der Waals surface area (Å²) in [6, 6.07) is 19.8. The van der Waals surface area contributed by atoms with Crippen molar-refractivity contribution in [2.45, 2.75) is 39.0 Å². The smallest absolute Gasteiger partial charge is 0.238 e. The summed E-state index contributed by atoms with van der Waals surface area (Å²) in [4.78, 5) is 15.0. The Kier molecular flexibility index (Phi) is 6.61. The van der Waals surface area contributed by atoms with Crippen molar-refractivity contribution in [2.75, 3.05) is 30.3 Å². The first-order valence-electron chi connectivity index (χ1n) is 12.3. The molecule has 0 spiro atoms. The van der Waals surface area contributed by atoms with Crippen molar-refractivity contribution < 1.29 is 15.0 Å². The van der Waals surface area contributed by atoms with Gasteiger partial charge in [-0.1, -0.05) is 18.2 Å². The van der Waals surface area contributed by atoms with Gasteiger partial charge < -0.3 is 25.4 Å². The van der Waals surface area contributed by atoms with Gasteiger partial charge in [-0.3, -0.25) is 9.69 Å². The molecule has 3 aromatic carbocycles. The first-order valence-corrected chi connectivity index (χ1v) is 12.3. The van der Waals surface area contributed by atoms with Crippen LogP contribution in [0.15, 0.2) is 60.7 Å². The predicted molar refractivity (Wildman–Crippen MR) is 141 cm³/mol. The lowest BCUT2D eigenvalue weighted by Crippen LogP contribution is -2.42. The summed E-state index contributed by atoms with van der Waals surface area (Å²) in [5, 5.41) is 28.1. The van der Waals surface area contributed by atoms with Crippen LogP contribution in [0.25, 0.3) is 21.8 Å². The van der Waals surface area contributed by atoms with Gasteiger partial charge in [0.05, 0.1) is 13.2 Å². The molecule has 0 saturated carbocycles. The number of nitrogens with one attached hydrogen (secondary N) is 2. The summed E-state index contributed by atoms with van der Waals surface area (Å²) >= 11 is 0. The maximum atomic E-state index is 12.8. The van der Waals surface area contributed by atoms with E-state index in [0.29, 0.717) is 12.1 Å². The molecule has 35 heavy (non-hydrogen) atoms. The standard InChI is InChI=1S/C28H32N4O3/c1-2-32-26-6-4-3-5-23(26)24-16-21(7-10-27(24)32)30-28(35)17-31-13-11-20(12-14-31)29-25-9-8-22(34)15-19(25)18-33/h3-10,15-16,20,29,33-34H,2,11-14,17-18H2,1H3,(H,30,35). The number of amides is 1. The summed E-state index contributed by atoms with van der Waals surface area (Å²) in [5.41, 5.74) is 4.75. The zero-order chi connectivity index (χ0) is 24.4. The van der Waals surface area contributed by atoms with E-state index in [2.05, 4.69) is 63.4 Å². The van der Waals surface area contributed by atoms with Gasteiger partial charge in [-0.05, 0) is 62.2 Å². The van der Waals surface area contributed by atoms with Gasteiger partial charge in [0, 0.05) is 64.4 Å². The summed E-state index contributed by atoms with van der Waals surface area (Å²) in [6.45, 7) is 4.93. The Morgan fingerprint density at radius 2 is 1.77 bits per heavy atom. The number of hydrogen-bond donors (Lipinski definition) is 4. The Morgan fingerprint density at radius 3 is 2.54 bits per heavy atom. The number of aliphatic hydroxyl groups is 1. The molecule has 1 aliphatic heterocycles. The molecular formula is C28H32N4O3. The molecular weight excluding hydrogens is 440 g/mol. The number of fused-ring (bicyclic) bond motifs is 3. The zero-order valence-corrected chi connectivity index (χ0v) is 20.0. The number of aryl methyl sites for hydroxylation is 1. The predicted octanol–water partition coefficient (Wildman–Crippen LogP) is 4.53. The molecule has 0 aliphatic carbocycles. The van der Waals surface area contributed by atoms with Crippen molar-refractivity contribution in [3.05, 3.63) is 66.2 Å². The number of likely N-dealkylation sites (tertiary alicyclic amines) is 1. The molecule has 7 nitrogen and oxygen atoms in total. The molecule has 4 N–H and O–H groups in total. The lowest BCUT2D eigenvalue weighted by molar-refractivity contribution is -0.117. The van der Waals surface area contributed by atoms with Gasteiger partial charge in [-0.25, -0.2) is 0 Å². The molecule has 7 heteroatoms. The fourth-order valence-electron chi connectivity index (χ4n) is 5.18. The molecule has 1 aromatic heterocycles. The van der Waals surface area contributed by atoms with E-state index in [0.717, 1.165) is 49.2 Å². The van der Waals surface area contributed by atoms with Crippen molar-refractivity contribution in [2.24, 2.45) is 0 Å². The van der Waals surface area contributed by atoms with Crippen molar-refractivity contribution in [1.29, 1.82) is 0 Å². The molecule has 2 heterocycles. The molecule has 1 aliphatic rings. The molecule has 1 fully saturated rings. The Hall–Kier alpha value is -3.55. The van der Waals surface area contributed by atoms with Crippen molar-refractivity contribution in [3.63, 3.8) is 0 Å². The van der Waals surface area contributed by atoms with Crippen LogP contribution in [0.5, 0.6) is 5.75 Å². The number of nitrogens with zero attached hydrogens (tertiary/aromatic N) is 2. The van der Waals surface area contributed by atoms with Crippen molar-refractivity contribution in [3.8, 4) is 5.75 Å². The fourth-order valence-corrected chi connectivity index (χ4v) is 5.18. The zero-order valence-electron chi connectivity index (χ0n) is 20.0. The molecule has 0 radical (unpaired) electrons. The lowest BCUT2D eigenvalue weighted by atomic mass is 10.0. The highest BCUT2D eigenvalue weighted by Crippen LogP contribution is 2.31. The van der Waals surface area contributed by atoms with E-state index in [-0.39, 0.29) is 24.3 Å². The number of hydrogen-bond acceptors (Lipinski definition) is 5. The Bertz CT molecular complexity index is 1360. The van der Waals surface area contributed by atoms with Crippen LogP contribution in [-0.2, 0) is 17.9 Å². The first kappa shape index (κ1) is 23.2. The number of anilines is 2. The second-order valence-electron chi connectivity index (χ2n) is 9.24. The van der Waals surface area contributed by atoms with Crippen LogP contribution in [0.2, 0.25) is 0 Å². The molecule has 1 amide bonds. The number of aromatic hydroxyl groups is 1. The Balaban J connectivity index is 1.19. The van der Waals surface area contributed by atoms with E-state index in [1.165, 1.54) is 16.4 Å². The number of phenols is 1. The average Bonchev–Trinajstić information content (AvgIpc) is 3.19. The van der Waals surface area contributed by atoms with Gasteiger partial charge in [-0.2, -0.15) is 0 Å². The van der Waals surface area contributed by atoms with Crippen LogP contribution in [0.4, 0.5) is 11.4 Å². The van der Waals surface area contributed by atoms with Crippen LogP contribution in [0.3, 0.4) is 0 Å². The summed E-state index contributed by atoms with van der Waals surface area (Å²) < 4.78 is 2.30. The molecule has 0 unspecified atom stereocenters. The minimum Gasteiger partial charge on any atom is -0.508 e. The van der Waals surface area contributed by atoms with Crippen LogP contribution >= 0.6 is 0 Å². The van der Waals surface area contributed by atoms with E-state index in [4.69, 9.17) is 0 Å². The topological polar surface area (TPSA) is 89.8 Å². The fraction of sp³-hybridized carbons (Fsp3) is 0.321. The number of para-hydroxylation sites is 1. The number of carbonyl (C=O) groups is 1. The normalized spacial score (nSPS) is 15.0. The highest BCUT2D eigenvalue weighted by atomic mass is 16.3. The molecule has 0 bridgehead atoms. The molecule has 182 valence electrons. The van der Waals surface area contributed by atoms with E-state index < -0.39 is 0 Å². The van der Waals surface area contributed by atoms with E-state index in [9.17, 15) is 15.0 Å².